The van der Waals surface area contributed by atoms with E-state index in [-0.39, 0.29) is 41.0 Å². The molecule has 1 unspecified atom stereocenters. The molecule has 0 aliphatic carbocycles. The Kier molecular flexibility index (Phi) is 10.6. The molecule has 17 nitrogen and oxygen atoms in total. The highest BCUT2D eigenvalue weighted by atomic mass is 16.7. The molecule has 0 fully saturated rings. The van der Waals surface area contributed by atoms with E-state index in [4.69, 9.17) is 23.0 Å². The van der Waals surface area contributed by atoms with Crippen LogP contribution in [-0.2, 0) is 42.9 Å². The highest BCUT2D eigenvalue weighted by molar-refractivity contribution is 5.91. The van der Waals surface area contributed by atoms with Gasteiger partial charge in [-0.3, -0.25) is 24.0 Å². The van der Waals surface area contributed by atoms with Crippen molar-refractivity contribution in [2.24, 2.45) is 0 Å². The van der Waals surface area contributed by atoms with Gasteiger partial charge in [-0.2, -0.15) is 0 Å². The number of rotatable bonds is 16. The summed E-state index contributed by atoms with van der Waals surface area (Å²) in [6.07, 6.45) is 0.160. The molecule has 2 N–H and O–H groups in total. The number of carboxylic acid groups (broad SMARTS) is 2. The molecule has 0 saturated carbocycles. The van der Waals surface area contributed by atoms with Gasteiger partial charge in [0.15, 0.2) is 24.9 Å². The van der Waals surface area contributed by atoms with Crippen molar-refractivity contribution in [3.8, 4) is 17.4 Å². The molecular formula is C25H24N2O15. The van der Waals surface area contributed by atoms with Crippen molar-refractivity contribution in [3.63, 3.8) is 0 Å². The van der Waals surface area contributed by atoms with Crippen molar-refractivity contribution in [3.05, 3.63) is 30.2 Å². The summed E-state index contributed by atoms with van der Waals surface area (Å²) in [5, 5.41) is 19.1. The normalized spacial score (nSPS) is 11.4. The van der Waals surface area contributed by atoms with Crippen LogP contribution in [0.2, 0.25) is 0 Å². The van der Waals surface area contributed by atoms with Gasteiger partial charge in [0.2, 0.25) is 12.6 Å². The third-order valence-electron chi connectivity index (χ3n) is 5.02. The van der Waals surface area contributed by atoms with Crippen LogP contribution >= 0.6 is 0 Å². The van der Waals surface area contributed by atoms with Gasteiger partial charge in [0.25, 0.3) is 5.89 Å². The number of benzene rings is 1. The minimum absolute atomic E-state index is 0.00630. The number of hydrogen-bond acceptors (Lipinski definition) is 15. The van der Waals surface area contributed by atoms with Gasteiger partial charge in [-0.05, 0) is 12.1 Å². The zero-order chi connectivity index (χ0) is 30.8. The van der Waals surface area contributed by atoms with Gasteiger partial charge in [0.1, 0.15) is 24.4 Å². The number of nitrogens with zero attached hydrogens (tertiary/aromatic N) is 2. The zero-order valence-electron chi connectivity index (χ0n) is 22.1. The lowest BCUT2D eigenvalue weighted by Gasteiger charge is -2.25. The molecule has 3 rings (SSSR count). The largest absolute Gasteiger partial charge is 0.480 e. The van der Waals surface area contributed by atoms with Gasteiger partial charge < -0.3 is 47.6 Å². The summed E-state index contributed by atoms with van der Waals surface area (Å²) in [4.78, 5) is 73.4. The van der Waals surface area contributed by atoms with Gasteiger partial charge in [-0.1, -0.05) is 0 Å². The molecule has 17 heteroatoms. The van der Waals surface area contributed by atoms with Crippen molar-refractivity contribution in [1.82, 2.24) is 4.98 Å². The van der Waals surface area contributed by atoms with Crippen LogP contribution in [0.1, 0.15) is 24.4 Å². The number of anilines is 1. The molecule has 0 amide bonds. The molecule has 0 saturated heterocycles. The van der Waals surface area contributed by atoms with E-state index < -0.39 is 62.6 Å². The second kappa shape index (κ2) is 14.3. The molecule has 224 valence electrons. The van der Waals surface area contributed by atoms with Crippen molar-refractivity contribution < 1.29 is 71.5 Å². The molecule has 0 radical (unpaired) electrons. The fourth-order valence-electron chi connectivity index (χ4n) is 3.33. The first-order valence-electron chi connectivity index (χ1n) is 11.8. The number of hydrogen-bond donors (Lipinski definition) is 2. The Labute approximate surface area is 235 Å². The third kappa shape index (κ3) is 8.78. The summed E-state index contributed by atoms with van der Waals surface area (Å²) in [6, 6.07) is 4.07. The lowest BCUT2D eigenvalue weighted by Crippen LogP contribution is -2.35. The Bertz CT molecular complexity index is 1460. The Balaban J connectivity index is 1.95. The number of esters is 3. The SMILES string of the molecule is CC(=O)OCOCC(C=O)Oc1cc2cc(-c3ncc(C(=O)OCOC(C)=O)o3)oc2cc1N(CC(=O)O)CC(=O)O. The number of aldehydes is 1. The Morgan fingerprint density at radius 3 is 2.24 bits per heavy atom. The maximum absolute atomic E-state index is 12.1. The Hall–Kier alpha value is -5.45. The number of furan rings is 1. The lowest BCUT2D eigenvalue weighted by molar-refractivity contribution is -0.155. The van der Waals surface area contributed by atoms with Gasteiger partial charge >= 0.3 is 29.8 Å². The first-order valence-corrected chi connectivity index (χ1v) is 11.8. The highest BCUT2D eigenvalue weighted by Gasteiger charge is 2.24. The molecule has 42 heavy (non-hydrogen) atoms. The van der Waals surface area contributed by atoms with Crippen molar-refractivity contribution in [2.75, 3.05) is 38.2 Å². The first-order chi connectivity index (χ1) is 20.0. The van der Waals surface area contributed by atoms with Gasteiger partial charge in [0.05, 0.1) is 18.5 Å². The topological polar surface area (TPSA) is 231 Å². The van der Waals surface area contributed by atoms with Gasteiger partial charge in [-0.25, -0.2) is 9.78 Å². The molecule has 1 aromatic carbocycles. The molecule has 0 bridgehead atoms. The van der Waals surface area contributed by atoms with Crippen molar-refractivity contribution in [1.29, 1.82) is 0 Å². The van der Waals surface area contributed by atoms with Crippen LogP contribution in [0, 0.1) is 0 Å². The minimum Gasteiger partial charge on any atom is -0.480 e. The van der Waals surface area contributed by atoms with Crippen LogP contribution in [0.3, 0.4) is 0 Å². The number of carbonyl (C=O) groups is 6. The van der Waals surface area contributed by atoms with Crippen LogP contribution in [0.25, 0.3) is 22.6 Å². The van der Waals surface area contributed by atoms with Crippen LogP contribution in [-0.4, -0.2) is 90.7 Å². The Morgan fingerprint density at radius 1 is 0.952 bits per heavy atom. The van der Waals surface area contributed by atoms with Crippen LogP contribution in [0.15, 0.2) is 33.2 Å². The second-order valence-corrected chi connectivity index (χ2v) is 8.24. The van der Waals surface area contributed by atoms with Crippen LogP contribution in [0.5, 0.6) is 5.75 Å². The van der Waals surface area contributed by atoms with E-state index in [2.05, 4.69) is 14.5 Å². The Morgan fingerprint density at radius 2 is 1.62 bits per heavy atom. The highest BCUT2D eigenvalue weighted by Crippen LogP contribution is 2.37. The monoisotopic (exact) mass is 592 g/mol. The molecule has 0 spiro atoms. The van der Waals surface area contributed by atoms with Gasteiger partial charge in [0, 0.05) is 25.3 Å². The summed E-state index contributed by atoms with van der Waals surface area (Å²) in [5.41, 5.74) is 0.0567. The summed E-state index contributed by atoms with van der Waals surface area (Å²) in [7, 11) is 0. The molecule has 0 aliphatic rings. The number of carboxylic acids is 2. The van der Waals surface area contributed by atoms with E-state index >= 15 is 0 Å². The molecule has 0 aliphatic heterocycles. The van der Waals surface area contributed by atoms with E-state index in [0.717, 1.165) is 24.9 Å². The molecule has 2 heterocycles. The smallest absolute Gasteiger partial charge is 0.378 e. The molecular weight excluding hydrogens is 568 g/mol. The average molecular weight is 592 g/mol. The molecule has 2 aromatic heterocycles. The summed E-state index contributed by atoms with van der Waals surface area (Å²) in [5.74, 6) is -5.55. The first kappa shape index (κ1) is 31.1. The summed E-state index contributed by atoms with van der Waals surface area (Å²) < 4.78 is 35.8. The lowest BCUT2D eigenvalue weighted by atomic mass is 10.2. The van der Waals surface area contributed by atoms with E-state index in [1.54, 1.807) is 0 Å². The van der Waals surface area contributed by atoms with Crippen molar-refractivity contribution >= 4 is 52.8 Å². The fraction of sp³-hybridized carbons (Fsp3) is 0.320. The van der Waals surface area contributed by atoms with Crippen LogP contribution in [0.4, 0.5) is 5.69 Å². The predicted molar refractivity (Wildman–Crippen MR) is 134 cm³/mol. The van der Waals surface area contributed by atoms with Crippen LogP contribution < -0.4 is 9.64 Å². The minimum atomic E-state index is -1.35. The van der Waals surface area contributed by atoms with E-state index in [1.807, 2.05) is 0 Å². The molecule has 3 aromatic rings. The number of fused-ring (bicyclic) bond motifs is 1. The van der Waals surface area contributed by atoms with E-state index in [9.17, 15) is 39.0 Å². The average Bonchev–Trinajstić information content (AvgIpc) is 3.56. The maximum Gasteiger partial charge on any atom is 0.378 e. The van der Waals surface area contributed by atoms with Crippen molar-refractivity contribution in [2.45, 2.75) is 20.0 Å². The summed E-state index contributed by atoms with van der Waals surface area (Å²) in [6.45, 7) is -0.683. The number of ether oxygens (including phenoxy) is 5. The van der Waals surface area contributed by atoms with E-state index in [0.29, 0.717) is 11.7 Å². The summed E-state index contributed by atoms with van der Waals surface area (Å²) >= 11 is 0. The number of oxazole rings is 1. The standard InChI is InChI=1S/C25H24N2O15/c1-13(29)37-11-36-10-16(9-28)40-19-3-15-4-20(24-26-6-21(42-24)25(35)39-12-38-14(2)30)41-18(15)5-17(19)27(7-22(31)32)8-23(33)34/h3-6,9,16H,7-8,10-12H2,1-2H3,(H,31,32)(H,33,34). The van der Waals surface area contributed by atoms with E-state index in [1.165, 1.54) is 18.2 Å². The number of carbonyl (C=O) groups excluding carboxylic acids is 4. The quantitative estimate of drug-likeness (QED) is 0.103. The van der Waals surface area contributed by atoms with Gasteiger partial charge in [-0.15, -0.1) is 0 Å². The maximum atomic E-state index is 12.1. The molecule has 1 atom stereocenters. The number of aliphatic carboxylic acids is 2. The third-order valence-corrected chi connectivity index (χ3v) is 5.02. The zero-order valence-corrected chi connectivity index (χ0v) is 22.1. The predicted octanol–water partition coefficient (Wildman–Crippen LogP) is 1.22. The fourth-order valence-corrected chi connectivity index (χ4v) is 3.33. The second-order valence-electron chi connectivity index (χ2n) is 8.24. The number of aromatic nitrogens is 1.